The molecule has 1 rings (SSSR count). The smallest absolute Gasteiger partial charge is 0.476 e. The first kappa shape index (κ1) is 12.7. The Morgan fingerprint density at radius 2 is 1.50 bits per heavy atom. The molecule has 0 amide bonds. The molecule has 0 spiro atoms. The van der Waals surface area contributed by atoms with Gasteiger partial charge in [-0.3, -0.25) is 0 Å². The van der Waals surface area contributed by atoms with Gasteiger partial charge in [-0.2, -0.15) is 0 Å². The van der Waals surface area contributed by atoms with Crippen LogP contribution in [-0.4, -0.2) is 6.42 Å². The van der Waals surface area contributed by atoms with Crippen molar-refractivity contribution in [1.29, 1.82) is 10.5 Å². The zero-order valence-corrected chi connectivity index (χ0v) is 7.54. The largest absolute Gasteiger partial charge is 1.00 e. The Bertz CT molecular complexity index is 379. The second kappa shape index (κ2) is 4.82. The van der Waals surface area contributed by atoms with Crippen LogP contribution in [0.5, 0.6) is 0 Å². The molecule has 0 fully saturated rings. The van der Waals surface area contributed by atoms with Crippen molar-refractivity contribution >= 4 is 11.9 Å². The number of rotatable bonds is 1. The summed E-state index contributed by atoms with van der Waals surface area (Å²) in [7, 11) is 0. The average Bonchev–Trinajstić information content (AvgIpc) is 2.18. The fourth-order valence-electron chi connectivity index (χ4n) is 0.906. The van der Waals surface area contributed by atoms with Gasteiger partial charge in [0.1, 0.15) is 5.82 Å². The van der Waals surface area contributed by atoms with E-state index in [0.29, 0.717) is 0 Å². The van der Waals surface area contributed by atoms with Gasteiger partial charge in [-0.05, 0) is 12.1 Å². The van der Waals surface area contributed by atoms with Crippen LogP contribution in [0.15, 0.2) is 24.3 Å². The molecule has 64 valence electrons. The van der Waals surface area contributed by atoms with Crippen LogP contribution in [0.2, 0.25) is 0 Å². The summed E-state index contributed by atoms with van der Waals surface area (Å²) in [5.74, 6) is 2.02. The van der Waals surface area contributed by atoms with Crippen LogP contribution in [0.1, 0.15) is 0 Å². The number of nitrogens with zero attached hydrogens (tertiary/aromatic N) is 2. The number of hydrogen-bond donors (Lipinski definition) is 0. The van der Waals surface area contributed by atoms with E-state index in [0.717, 1.165) is 24.3 Å². The predicted octanol–water partition coefficient (Wildman–Crippen LogP) is -1.92. The summed E-state index contributed by atoms with van der Waals surface area (Å²) in [6.45, 7) is 0. The molecule has 6 heteroatoms. The van der Waals surface area contributed by atoms with Gasteiger partial charge < -0.3 is 4.32 Å². The molecule has 0 atom stereocenters. The Morgan fingerprint density at radius 3 is 1.86 bits per heavy atom. The summed E-state index contributed by atoms with van der Waals surface area (Å²) in [6, 6.07) is 4.23. The summed E-state index contributed by atoms with van der Waals surface area (Å²) in [4.78, 5) is 0. The van der Waals surface area contributed by atoms with Crippen molar-refractivity contribution in [2.75, 3.05) is 0 Å². The van der Waals surface area contributed by atoms with E-state index in [1.54, 1.807) is 0 Å². The van der Waals surface area contributed by atoms with E-state index in [4.69, 9.17) is 10.5 Å². The second-order valence-corrected chi connectivity index (χ2v) is 2.57. The Labute approximate surface area is 92.3 Å². The normalized spacial score (nSPS) is 9.43. The van der Waals surface area contributed by atoms with E-state index in [1.165, 1.54) is 11.9 Å². The fraction of sp³-hybridized carbons (Fsp3) is 0. The van der Waals surface area contributed by atoms with Gasteiger partial charge in [0.2, 0.25) is 0 Å². The summed E-state index contributed by atoms with van der Waals surface area (Å²) in [6.07, 6.45) is -3.35. The second-order valence-electron chi connectivity index (χ2n) is 2.57. The van der Waals surface area contributed by atoms with Crippen LogP contribution in [0.4, 0.5) is 8.71 Å². The Balaban J connectivity index is 0.00000169. The van der Waals surface area contributed by atoms with Crippen molar-refractivity contribution in [3.63, 3.8) is 0 Å². The predicted molar refractivity (Wildman–Crippen MR) is 44.1 cm³/mol. The molecular weight excluding hydrogens is 180 g/mol. The third-order valence-electron chi connectivity index (χ3n) is 1.69. The Morgan fingerprint density at radius 1 is 1.07 bits per heavy atom. The first-order valence-electron chi connectivity index (χ1n) is 3.54. The van der Waals surface area contributed by atoms with Gasteiger partial charge in [0.15, 0.2) is 0 Å². The van der Waals surface area contributed by atoms with Crippen molar-refractivity contribution < 1.29 is 27.6 Å². The van der Waals surface area contributed by atoms with Crippen LogP contribution in [0, 0.1) is 28.3 Å². The minimum absolute atomic E-state index is 0. The molecule has 1 aromatic carbocycles. The molecule has 0 aliphatic rings. The number of hydrogen-bond acceptors (Lipinski definition) is 2. The van der Waals surface area contributed by atoms with Gasteiger partial charge in [-0.15, -0.1) is 5.46 Å². The van der Waals surface area contributed by atoms with Crippen LogP contribution in [0.25, 0.3) is 0 Å². The average molecular weight is 184 g/mol. The third-order valence-corrected chi connectivity index (χ3v) is 1.69. The zero-order chi connectivity index (χ0) is 9.90. The first-order valence-corrected chi connectivity index (χ1v) is 3.54. The van der Waals surface area contributed by atoms with E-state index in [2.05, 4.69) is 0 Å². The van der Waals surface area contributed by atoms with E-state index < -0.39 is 12.2 Å². The van der Waals surface area contributed by atoms with Gasteiger partial charge in [-0.25, -0.2) is 14.9 Å². The Hall–Kier alpha value is -1.28. The van der Waals surface area contributed by atoms with E-state index in [1.807, 2.05) is 0 Å². The van der Waals surface area contributed by atoms with Crippen molar-refractivity contribution in [3.05, 3.63) is 30.1 Å². The third kappa shape index (κ3) is 2.36. The van der Waals surface area contributed by atoms with Crippen LogP contribution in [-0.2, 0) is 0 Å². The van der Waals surface area contributed by atoms with Crippen LogP contribution in [0.3, 0.4) is 0 Å². The number of halogens is 2. The molecular formula is C8H4BF2LiN2. The topological polar surface area (TPSA) is 47.6 Å². The summed E-state index contributed by atoms with van der Waals surface area (Å²) in [5, 5.41) is 16.8. The summed E-state index contributed by atoms with van der Waals surface area (Å²) >= 11 is 0. The van der Waals surface area contributed by atoms with Gasteiger partial charge in [0.05, 0.1) is 0 Å². The standard InChI is InChI=1S/C8H4BF2N2.Li/c10-8-3-1-7(2-4-8)9(11,5-12)6-13;/h1-4H;/q-1;+1. The molecule has 0 aromatic heterocycles. The number of nitriles is 2. The van der Waals surface area contributed by atoms with E-state index in [9.17, 15) is 8.71 Å². The van der Waals surface area contributed by atoms with Crippen molar-refractivity contribution in [1.82, 2.24) is 0 Å². The zero-order valence-electron chi connectivity index (χ0n) is 7.54. The molecule has 0 bridgehead atoms. The van der Waals surface area contributed by atoms with E-state index >= 15 is 0 Å². The molecule has 0 aliphatic heterocycles. The van der Waals surface area contributed by atoms with Crippen molar-refractivity contribution in [3.8, 4) is 11.9 Å². The molecule has 1 aromatic rings. The molecule has 0 N–H and O–H groups in total. The first-order chi connectivity index (χ1) is 6.12. The maximum absolute atomic E-state index is 13.3. The molecule has 0 unspecified atom stereocenters. The monoisotopic (exact) mass is 184 g/mol. The van der Waals surface area contributed by atoms with E-state index in [-0.39, 0.29) is 24.3 Å². The molecule has 0 heterocycles. The minimum Gasteiger partial charge on any atom is -0.476 e. The molecule has 2 nitrogen and oxygen atoms in total. The van der Waals surface area contributed by atoms with Gasteiger partial charge in [0.25, 0.3) is 0 Å². The maximum atomic E-state index is 13.3. The summed E-state index contributed by atoms with van der Waals surface area (Å²) in [5.41, 5.74) is -0.0913. The maximum Gasteiger partial charge on any atom is 1.00 e. The van der Waals surface area contributed by atoms with Crippen molar-refractivity contribution in [2.24, 2.45) is 0 Å². The van der Waals surface area contributed by atoms with Crippen LogP contribution >= 0.6 is 0 Å². The molecule has 0 radical (unpaired) electrons. The molecule has 14 heavy (non-hydrogen) atoms. The van der Waals surface area contributed by atoms with Gasteiger partial charge >= 0.3 is 25.3 Å². The fourth-order valence-corrected chi connectivity index (χ4v) is 0.906. The molecule has 0 aliphatic carbocycles. The SMILES string of the molecule is N#C[B-](F)(C#N)c1ccc(F)cc1.[Li+]. The van der Waals surface area contributed by atoms with Gasteiger partial charge in [0, 0.05) is 0 Å². The summed E-state index contributed by atoms with van der Waals surface area (Å²) < 4.78 is 25.7. The molecule has 0 saturated heterocycles. The molecule has 0 saturated carbocycles. The van der Waals surface area contributed by atoms with Gasteiger partial charge in [-0.1, -0.05) is 24.1 Å². The van der Waals surface area contributed by atoms with Crippen molar-refractivity contribution in [2.45, 2.75) is 0 Å². The quantitative estimate of drug-likeness (QED) is 0.477. The number of benzene rings is 1. The Kier molecular flexibility index (Phi) is 4.38. The van der Waals surface area contributed by atoms with Crippen LogP contribution < -0.4 is 24.3 Å². The minimum atomic E-state index is -3.35.